The van der Waals surface area contributed by atoms with Crippen LogP contribution in [0, 0.1) is 0 Å². The van der Waals surface area contributed by atoms with Crippen LogP contribution in [-0.4, -0.2) is 0 Å². The lowest BCUT2D eigenvalue weighted by molar-refractivity contribution is 0.670. The summed E-state index contributed by atoms with van der Waals surface area (Å²) in [6.45, 7) is 0. The fourth-order valence-corrected chi connectivity index (χ4v) is 5.55. The summed E-state index contributed by atoms with van der Waals surface area (Å²) >= 11 is 0. The molecule has 0 atom stereocenters. The van der Waals surface area contributed by atoms with Gasteiger partial charge in [-0.25, -0.2) is 0 Å². The molecule has 0 saturated heterocycles. The molecule has 8 rings (SSSR count). The molecular formula is C36H22O. The van der Waals surface area contributed by atoms with Crippen LogP contribution in [0.15, 0.2) is 138 Å². The molecule has 0 fully saturated rings. The van der Waals surface area contributed by atoms with Crippen LogP contribution < -0.4 is 0 Å². The van der Waals surface area contributed by atoms with Crippen molar-refractivity contribution in [2.75, 3.05) is 0 Å². The van der Waals surface area contributed by atoms with Crippen molar-refractivity contribution < 1.29 is 15.4 Å². The molecule has 1 aromatic heterocycles. The predicted octanol–water partition coefficient (Wildman–Crippen LogP) is 10.4. The molecule has 0 saturated carbocycles. The minimum atomic E-state index is -0.435. The van der Waals surface area contributed by atoms with Crippen LogP contribution in [0.4, 0.5) is 0 Å². The zero-order valence-corrected chi connectivity index (χ0v) is 19.5. The SMILES string of the molecule is [2H]c1c([2H])c([2H])c2c(-c3cccc4c3oc3ccc5ccccc5c34)c3c([2H])c([2H])c([2H])c([2H])c3c(-c3ccccc3)c2c1[2H]. The van der Waals surface area contributed by atoms with Gasteiger partial charge in [0.25, 0.3) is 0 Å². The molecule has 37 heavy (non-hydrogen) atoms. The molecule has 0 aliphatic heterocycles. The minimum Gasteiger partial charge on any atom is -0.455 e. The lowest BCUT2D eigenvalue weighted by Gasteiger charge is -2.17. The van der Waals surface area contributed by atoms with Crippen LogP contribution in [0.5, 0.6) is 0 Å². The van der Waals surface area contributed by atoms with Crippen molar-refractivity contribution in [2.24, 2.45) is 0 Å². The third kappa shape index (κ3) is 2.92. The Morgan fingerprint density at radius 3 is 1.84 bits per heavy atom. The third-order valence-corrected chi connectivity index (χ3v) is 7.09. The molecule has 172 valence electrons. The largest absolute Gasteiger partial charge is 0.455 e. The van der Waals surface area contributed by atoms with E-state index in [1.54, 1.807) is 30.3 Å². The molecule has 1 heterocycles. The number of para-hydroxylation sites is 1. The molecule has 0 aliphatic carbocycles. The van der Waals surface area contributed by atoms with Crippen molar-refractivity contribution in [3.05, 3.63) is 133 Å². The van der Waals surface area contributed by atoms with Crippen molar-refractivity contribution in [3.63, 3.8) is 0 Å². The van der Waals surface area contributed by atoms with Crippen LogP contribution in [0.2, 0.25) is 0 Å². The number of hydrogen-bond acceptors (Lipinski definition) is 1. The van der Waals surface area contributed by atoms with Gasteiger partial charge in [0, 0.05) is 21.9 Å². The second-order valence-electron chi connectivity index (χ2n) is 9.06. The first-order valence-electron chi connectivity index (χ1n) is 16.1. The average molecular weight is 479 g/mol. The molecule has 0 unspecified atom stereocenters. The van der Waals surface area contributed by atoms with E-state index in [1.165, 1.54) is 0 Å². The average Bonchev–Trinajstić information content (AvgIpc) is 3.46. The Morgan fingerprint density at radius 2 is 1.11 bits per heavy atom. The molecule has 0 radical (unpaired) electrons. The Balaban J connectivity index is 1.70. The summed E-state index contributed by atoms with van der Waals surface area (Å²) < 4.78 is 77.6. The number of rotatable bonds is 2. The standard InChI is InChI=1S/C36H22O/c1-2-12-24(13-3-1)33-26-15-6-8-17-28(26)34(29-18-9-7-16-27(29)33)30-19-10-20-31-35-25-14-5-4-11-23(25)21-22-32(35)37-36(30)31/h1-22H/i6D,7D,8D,9D,15D,16D,17D,18D. The van der Waals surface area contributed by atoms with E-state index in [9.17, 15) is 2.74 Å². The van der Waals surface area contributed by atoms with Gasteiger partial charge in [-0.2, -0.15) is 0 Å². The predicted molar refractivity (Wildman–Crippen MR) is 157 cm³/mol. The first kappa shape index (κ1) is 14.0. The van der Waals surface area contributed by atoms with Crippen LogP contribution in [0.1, 0.15) is 11.0 Å². The number of fused-ring (bicyclic) bond motifs is 7. The van der Waals surface area contributed by atoms with E-state index in [0.717, 1.165) is 21.5 Å². The first-order valence-corrected chi connectivity index (χ1v) is 12.1. The van der Waals surface area contributed by atoms with Crippen molar-refractivity contribution >= 4 is 54.3 Å². The smallest absolute Gasteiger partial charge is 0.143 e. The highest BCUT2D eigenvalue weighted by molar-refractivity contribution is 6.26. The van der Waals surface area contributed by atoms with Gasteiger partial charge in [-0.3, -0.25) is 0 Å². The summed E-state index contributed by atoms with van der Waals surface area (Å²) in [6.07, 6.45) is 0. The Hall–Kier alpha value is -4.88. The van der Waals surface area contributed by atoms with Gasteiger partial charge in [0.2, 0.25) is 0 Å². The zero-order chi connectivity index (χ0) is 31.3. The van der Waals surface area contributed by atoms with Crippen molar-refractivity contribution in [1.29, 1.82) is 0 Å². The van der Waals surface area contributed by atoms with Gasteiger partial charge in [-0.15, -0.1) is 0 Å². The first-order chi connectivity index (χ1) is 21.7. The van der Waals surface area contributed by atoms with E-state index in [0.29, 0.717) is 27.9 Å². The minimum absolute atomic E-state index is 0.162. The lowest BCUT2D eigenvalue weighted by atomic mass is 9.85. The summed E-state index contributed by atoms with van der Waals surface area (Å²) in [7, 11) is 0. The monoisotopic (exact) mass is 478 g/mol. The summed E-state index contributed by atoms with van der Waals surface area (Å²) in [4.78, 5) is 0. The highest BCUT2D eigenvalue weighted by Crippen LogP contribution is 2.46. The van der Waals surface area contributed by atoms with Crippen LogP contribution in [0.3, 0.4) is 0 Å². The Labute approximate surface area is 225 Å². The maximum Gasteiger partial charge on any atom is 0.143 e. The van der Waals surface area contributed by atoms with E-state index >= 15 is 0 Å². The van der Waals surface area contributed by atoms with E-state index in [4.69, 9.17) is 12.6 Å². The molecule has 0 N–H and O–H groups in total. The summed E-state index contributed by atoms with van der Waals surface area (Å²) in [5.74, 6) is 0. The molecule has 0 spiro atoms. The zero-order valence-electron chi connectivity index (χ0n) is 27.5. The lowest BCUT2D eigenvalue weighted by Crippen LogP contribution is -1.90. The van der Waals surface area contributed by atoms with Gasteiger partial charge in [0.1, 0.15) is 11.2 Å². The molecule has 0 aliphatic rings. The molecular weight excluding hydrogens is 448 g/mol. The van der Waals surface area contributed by atoms with Gasteiger partial charge in [-0.05, 0) is 49.5 Å². The fourth-order valence-electron chi connectivity index (χ4n) is 5.55. The number of hydrogen-bond donors (Lipinski definition) is 0. The van der Waals surface area contributed by atoms with E-state index in [-0.39, 0.29) is 51.3 Å². The third-order valence-electron chi connectivity index (χ3n) is 7.09. The molecule has 7 aromatic carbocycles. The number of furan rings is 1. The Kier molecular flexibility index (Phi) is 2.96. The van der Waals surface area contributed by atoms with E-state index in [2.05, 4.69) is 0 Å². The highest BCUT2D eigenvalue weighted by atomic mass is 16.3. The molecule has 0 bridgehead atoms. The maximum absolute atomic E-state index is 9.18. The normalized spacial score (nSPS) is 14.8. The van der Waals surface area contributed by atoms with Crippen molar-refractivity contribution in [3.8, 4) is 22.3 Å². The van der Waals surface area contributed by atoms with Gasteiger partial charge in [-0.1, -0.05) is 127 Å². The van der Waals surface area contributed by atoms with Crippen LogP contribution in [-0.2, 0) is 0 Å². The molecule has 1 nitrogen and oxygen atoms in total. The van der Waals surface area contributed by atoms with Crippen molar-refractivity contribution in [2.45, 2.75) is 0 Å². The van der Waals surface area contributed by atoms with Gasteiger partial charge in [0.15, 0.2) is 0 Å². The fraction of sp³-hybridized carbons (Fsp3) is 0. The molecule has 0 amide bonds. The van der Waals surface area contributed by atoms with Crippen LogP contribution in [0.25, 0.3) is 76.5 Å². The summed E-state index contributed by atoms with van der Waals surface area (Å²) in [6, 6.07) is 23.5. The highest BCUT2D eigenvalue weighted by Gasteiger charge is 2.20. The van der Waals surface area contributed by atoms with Crippen LogP contribution >= 0.6 is 0 Å². The maximum atomic E-state index is 9.18. The van der Waals surface area contributed by atoms with E-state index in [1.807, 2.05) is 54.6 Å². The van der Waals surface area contributed by atoms with Gasteiger partial charge < -0.3 is 4.42 Å². The van der Waals surface area contributed by atoms with Gasteiger partial charge in [0.05, 0.1) is 11.0 Å². The van der Waals surface area contributed by atoms with E-state index < -0.39 is 24.2 Å². The molecule has 8 aromatic rings. The second kappa shape index (κ2) is 7.81. The quantitative estimate of drug-likeness (QED) is 0.225. The van der Waals surface area contributed by atoms with Gasteiger partial charge >= 0.3 is 0 Å². The Morgan fingerprint density at radius 1 is 0.486 bits per heavy atom. The second-order valence-corrected chi connectivity index (χ2v) is 9.06. The Bertz CT molecular complexity index is 2490. The van der Waals surface area contributed by atoms with Crippen molar-refractivity contribution in [1.82, 2.24) is 0 Å². The summed E-state index contributed by atoms with van der Waals surface area (Å²) in [5.41, 5.74) is 2.73. The summed E-state index contributed by atoms with van der Waals surface area (Å²) in [5, 5.41) is 4.38. The number of benzene rings is 7. The molecule has 1 heteroatoms. The topological polar surface area (TPSA) is 13.1 Å².